The predicted molar refractivity (Wildman–Crippen MR) is 127 cm³/mol. The number of anilines is 1. The van der Waals surface area contributed by atoms with Crippen molar-refractivity contribution in [2.24, 2.45) is 0 Å². The average molecular weight is 479 g/mol. The summed E-state index contributed by atoms with van der Waals surface area (Å²) in [6.45, 7) is 0. The van der Waals surface area contributed by atoms with E-state index in [0.29, 0.717) is 17.2 Å². The van der Waals surface area contributed by atoms with E-state index >= 15 is 0 Å². The van der Waals surface area contributed by atoms with Crippen molar-refractivity contribution in [3.8, 4) is 11.5 Å². The molecule has 1 atom stereocenters. The zero-order valence-corrected chi connectivity index (χ0v) is 19.1. The summed E-state index contributed by atoms with van der Waals surface area (Å²) >= 11 is 0. The molecule has 174 valence electrons. The molecule has 0 aromatic heterocycles. The molecule has 0 bridgehead atoms. The summed E-state index contributed by atoms with van der Waals surface area (Å²) in [5.74, 6) is -1.05. The van der Waals surface area contributed by atoms with Crippen LogP contribution in [0.15, 0.2) is 78.9 Å². The first-order chi connectivity index (χ1) is 16.2. The molecule has 1 aliphatic rings. The molecule has 0 fully saturated rings. The van der Waals surface area contributed by atoms with Crippen LogP contribution in [0.4, 0.5) is 5.69 Å². The predicted octanol–water partition coefficient (Wildman–Crippen LogP) is 3.52. The van der Waals surface area contributed by atoms with Crippen molar-refractivity contribution in [3.63, 3.8) is 0 Å². The summed E-state index contributed by atoms with van der Waals surface area (Å²) in [7, 11) is -3.44. The van der Waals surface area contributed by atoms with Crippen LogP contribution >= 0.6 is 0 Å². The van der Waals surface area contributed by atoms with Crippen LogP contribution in [-0.2, 0) is 14.6 Å². The van der Waals surface area contributed by atoms with Crippen LogP contribution in [0.3, 0.4) is 0 Å². The first kappa shape index (κ1) is 23.2. The number of amides is 3. The van der Waals surface area contributed by atoms with Gasteiger partial charge in [0.25, 0.3) is 11.8 Å². The fourth-order valence-corrected chi connectivity index (χ4v) is 4.30. The number of nitrogens with zero attached hydrogens (tertiary/aromatic N) is 1. The quantitative estimate of drug-likeness (QED) is 0.496. The van der Waals surface area contributed by atoms with E-state index in [1.807, 2.05) is 30.3 Å². The number of carbonyl (C=O) groups is 3. The topological polar surface area (TPSA) is 110 Å². The van der Waals surface area contributed by atoms with Crippen molar-refractivity contribution < 1.29 is 27.5 Å². The third-order valence-electron chi connectivity index (χ3n) is 5.30. The number of carbonyl (C=O) groups excluding carboxylic acids is 3. The molecular weight excluding hydrogens is 456 g/mol. The summed E-state index contributed by atoms with van der Waals surface area (Å²) in [5, 5.41) is 2.68. The highest BCUT2D eigenvalue weighted by atomic mass is 32.2. The lowest BCUT2D eigenvalue weighted by Crippen LogP contribution is -2.48. The Kier molecular flexibility index (Phi) is 6.47. The number of imide groups is 1. The van der Waals surface area contributed by atoms with Crippen molar-refractivity contribution in [2.45, 2.75) is 12.5 Å². The highest BCUT2D eigenvalue weighted by molar-refractivity contribution is 7.90. The summed E-state index contributed by atoms with van der Waals surface area (Å²) < 4.78 is 29.3. The molecule has 0 saturated carbocycles. The number of sulfone groups is 1. The van der Waals surface area contributed by atoms with Crippen molar-refractivity contribution in [1.82, 2.24) is 4.90 Å². The summed E-state index contributed by atoms with van der Waals surface area (Å²) in [4.78, 5) is 39.8. The van der Waals surface area contributed by atoms with E-state index in [1.54, 1.807) is 36.4 Å². The Labute approximate surface area is 197 Å². The number of rotatable bonds is 8. The Bertz CT molecular complexity index is 1300. The largest absolute Gasteiger partial charge is 0.457 e. The lowest BCUT2D eigenvalue weighted by Gasteiger charge is -2.25. The van der Waals surface area contributed by atoms with Crippen LogP contribution in [0.2, 0.25) is 0 Å². The van der Waals surface area contributed by atoms with Crippen LogP contribution in [0.25, 0.3) is 0 Å². The minimum atomic E-state index is -3.44. The van der Waals surface area contributed by atoms with Gasteiger partial charge in [0, 0.05) is 11.9 Å². The third kappa shape index (κ3) is 5.15. The second-order valence-corrected chi connectivity index (χ2v) is 10.1. The van der Waals surface area contributed by atoms with E-state index in [9.17, 15) is 22.8 Å². The molecule has 8 nitrogen and oxygen atoms in total. The maximum Gasteiger partial charge on any atom is 0.262 e. The lowest BCUT2D eigenvalue weighted by atomic mass is 10.1. The van der Waals surface area contributed by atoms with Crippen molar-refractivity contribution in [3.05, 3.63) is 90.0 Å². The standard InChI is InChI=1S/C25H22N2O6S/c1-34(31,32)16-15-22(27-24(29)20-9-5-6-10-21(20)25(27)30)23(28)26-17-11-13-19(14-12-17)33-18-7-3-2-4-8-18/h2-14,22H,15-16H2,1H3,(H,26,28)/t22-/m1/s1. The van der Waals surface area contributed by atoms with Gasteiger partial charge in [0.15, 0.2) is 0 Å². The fraction of sp³-hybridized carbons (Fsp3) is 0.160. The average Bonchev–Trinajstić information content (AvgIpc) is 3.06. The number of fused-ring (bicyclic) bond motifs is 1. The van der Waals surface area contributed by atoms with Crippen molar-refractivity contribution >= 4 is 33.2 Å². The Morgan fingerprint density at radius 1 is 0.853 bits per heavy atom. The maximum absolute atomic E-state index is 13.2. The zero-order chi connectivity index (χ0) is 24.3. The van der Waals surface area contributed by atoms with Gasteiger partial charge in [-0.05, 0) is 55.0 Å². The molecule has 0 radical (unpaired) electrons. The van der Waals surface area contributed by atoms with Gasteiger partial charge in [-0.3, -0.25) is 19.3 Å². The molecule has 4 rings (SSSR count). The number of hydrogen-bond donors (Lipinski definition) is 1. The van der Waals surface area contributed by atoms with Gasteiger partial charge < -0.3 is 10.1 Å². The zero-order valence-electron chi connectivity index (χ0n) is 18.3. The van der Waals surface area contributed by atoms with Crippen LogP contribution in [-0.4, -0.2) is 49.1 Å². The number of benzene rings is 3. The Morgan fingerprint density at radius 2 is 1.38 bits per heavy atom. The Morgan fingerprint density at radius 3 is 1.94 bits per heavy atom. The first-order valence-corrected chi connectivity index (χ1v) is 12.6. The van der Waals surface area contributed by atoms with Gasteiger partial charge in [0.1, 0.15) is 27.4 Å². The molecule has 1 N–H and O–H groups in total. The fourth-order valence-electron chi connectivity index (χ4n) is 3.65. The molecule has 1 heterocycles. The smallest absolute Gasteiger partial charge is 0.262 e. The van der Waals surface area contributed by atoms with Crippen LogP contribution in [0, 0.1) is 0 Å². The first-order valence-electron chi connectivity index (χ1n) is 10.5. The number of para-hydroxylation sites is 1. The maximum atomic E-state index is 13.2. The number of hydrogen-bond acceptors (Lipinski definition) is 6. The van der Waals surface area contributed by atoms with Gasteiger partial charge in [-0.1, -0.05) is 30.3 Å². The lowest BCUT2D eigenvalue weighted by molar-refractivity contribution is -0.120. The highest BCUT2D eigenvalue weighted by Crippen LogP contribution is 2.27. The normalized spacial score (nSPS) is 14.0. The van der Waals surface area contributed by atoms with Gasteiger partial charge in [0.2, 0.25) is 5.91 Å². The van der Waals surface area contributed by atoms with Gasteiger partial charge in [-0.2, -0.15) is 0 Å². The Balaban J connectivity index is 1.53. The van der Waals surface area contributed by atoms with Crippen LogP contribution < -0.4 is 10.1 Å². The van der Waals surface area contributed by atoms with E-state index in [1.165, 1.54) is 12.1 Å². The minimum Gasteiger partial charge on any atom is -0.457 e. The van der Waals surface area contributed by atoms with Crippen molar-refractivity contribution in [1.29, 1.82) is 0 Å². The molecule has 3 aromatic rings. The third-order valence-corrected chi connectivity index (χ3v) is 6.28. The molecule has 3 amide bonds. The SMILES string of the molecule is CS(=O)(=O)CC[C@H](C(=O)Nc1ccc(Oc2ccccc2)cc1)N1C(=O)c2ccccc2C1=O. The molecule has 3 aromatic carbocycles. The van der Waals surface area contributed by atoms with E-state index in [2.05, 4.69) is 5.32 Å². The van der Waals surface area contributed by atoms with Crippen molar-refractivity contribution in [2.75, 3.05) is 17.3 Å². The summed E-state index contributed by atoms with van der Waals surface area (Å²) in [6, 6.07) is 20.7. The van der Waals surface area contributed by atoms with E-state index < -0.39 is 33.6 Å². The molecule has 9 heteroatoms. The molecule has 0 saturated heterocycles. The molecule has 0 unspecified atom stereocenters. The Hall–Kier alpha value is -3.98. The van der Waals surface area contributed by atoms with Gasteiger partial charge in [-0.15, -0.1) is 0 Å². The molecule has 0 spiro atoms. The number of nitrogens with one attached hydrogen (secondary N) is 1. The van der Waals surface area contributed by atoms with Gasteiger partial charge in [0.05, 0.1) is 16.9 Å². The minimum absolute atomic E-state index is 0.187. The molecule has 0 aliphatic carbocycles. The molecular formula is C25H22N2O6S. The van der Waals surface area contributed by atoms with Crippen LogP contribution in [0.1, 0.15) is 27.1 Å². The van der Waals surface area contributed by atoms with Gasteiger partial charge >= 0.3 is 0 Å². The van der Waals surface area contributed by atoms with E-state index in [0.717, 1.165) is 11.2 Å². The monoisotopic (exact) mass is 478 g/mol. The highest BCUT2D eigenvalue weighted by Gasteiger charge is 2.42. The van der Waals surface area contributed by atoms with E-state index in [4.69, 9.17) is 4.74 Å². The van der Waals surface area contributed by atoms with E-state index in [-0.39, 0.29) is 23.3 Å². The van der Waals surface area contributed by atoms with Crippen LogP contribution in [0.5, 0.6) is 11.5 Å². The second-order valence-electron chi connectivity index (χ2n) is 7.89. The molecule has 1 aliphatic heterocycles. The second kappa shape index (κ2) is 9.48. The summed E-state index contributed by atoms with van der Waals surface area (Å²) in [5.41, 5.74) is 0.783. The molecule has 34 heavy (non-hydrogen) atoms. The van der Waals surface area contributed by atoms with Gasteiger partial charge in [-0.25, -0.2) is 8.42 Å². The summed E-state index contributed by atoms with van der Waals surface area (Å²) in [6.07, 6.45) is 0.821. The number of ether oxygens (including phenoxy) is 1.